The second-order valence-corrected chi connectivity index (χ2v) is 4.85. The van der Waals surface area contributed by atoms with Crippen LogP contribution in [0.2, 0.25) is 0 Å². The number of fused-ring (bicyclic) bond motifs is 1. The molecule has 72 valence electrons. The van der Waals surface area contributed by atoms with Gasteiger partial charge in [0.05, 0.1) is 13.6 Å². The van der Waals surface area contributed by atoms with Gasteiger partial charge in [0.1, 0.15) is 6.04 Å². The van der Waals surface area contributed by atoms with E-state index in [1.807, 2.05) is 0 Å². The van der Waals surface area contributed by atoms with Gasteiger partial charge in [-0.05, 0) is 25.7 Å². The highest BCUT2D eigenvalue weighted by Gasteiger charge is 2.43. The number of piperidine rings is 1. The molecule has 2 fully saturated rings. The van der Waals surface area contributed by atoms with Crippen molar-refractivity contribution in [3.05, 3.63) is 0 Å². The summed E-state index contributed by atoms with van der Waals surface area (Å²) in [4.78, 5) is 0. The molecular weight excluding hydrogens is 160 g/mol. The lowest BCUT2D eigenvalue weighted by Gasteiger charge is -2.44. The van der Waals surface area contributed by atoms with Crippen molar-refractivity contribution in [1.82, 2.24) is 0 Å². The van der Waals surface area contributed by atoms with Gasteiger partial charge in [-0.3, -0.25) is 0 Å². The lowest BCUT2D eigenvalue weighted by molar-refractivity contribution is -0.883. The van der Waals surface area contributed by atoms with Crippen LogP contribution in [0.5, 0.6) is 0 Å². The molecule has 0 aromatic carbocycles. The van der Waals surface area contributed by atoms with Gasteiger partial charge in [0.2, 0.25) is 0 Å². The highest BCUT2D eigenvalue weighted by Crippen LogP contribution is 2.38. The van der Waals surface area contributed by atoms with Crippen molar-refractivity contribution in [3.63, 3.8) is 0 Å². The van der Waals surface area contributed by atoms with Crippen LogP contribution in [0.3, 0.4) is 0 Å². The van der Waals surface area contributed by atoms with Gasteiger partial charge in [0.25, 0.3) is 0 Å². The Morgan fingerprint density at radius 2 is 1.85 bits per heavy atom. The van der Waals surface area contributed by atoms with E-state index in [2.05, 4.69) is 13.2 Å². The number of nitriles is 1. The van der Waals surface area contributed by atoms with Gasteiger partial charge in [0.15, 0.2) is 0 Å². The fourth-order valence-electron chi connectivity index (χ4n) is 3.25. The Labute approximate surface area is 80.7 Å². The average Bonchev–Trinajstić information content (AvgIpc) is 2.19. The number of quaternary nitrogens is 1. The van der Waals surface area contributed by atoms with Gasteiger partial charge >= 0.3 is 6.19 Å². The monoisotopic (exact) mass is 179 g/mol. The van der Waals surface area contributed by atoms with Gasteiger partial charge in [0, 0.05) is 12.3 Å². The van der Waals surface area contributed by atoms with E-state index >= 15 is 0 Å². The van der Waals surface area contributed by atoms with E-state index in [0.717, 1.165) is 12.5 Å². The van der Waals surface area contributed by atoms with Crippen molar-refractivity contribution in [2.24, 2.45) is 5.92 Å². The Hall–Kier alpha value is -0.550. The van der Waals surface area contributed by atoms with Crippen LogP contribution in [0.25, 0.3) is 0 Å². The van der Waals surface area contributed by atoms with Gasteiger partial charge in [-0.2, -0.15) is 0 Å². The predicted octanol–water partition coefficient (Wildman–Crippen LogP) is 2.27. The fraction of sp³-hybridized carbons (Fsp3) is 0.909. The molecule has 3 atom stereocenters. The second kappa shape index (κ2) is 3.31. The quantitative estimate of drug-likeness (QED) is 0.413. The molecule has 0 N–H and O–H groups in total. The van der Waals surface area contributed by atoms with Crippen LogP contribution in [0.4, 0.5) is 0 Å². The Balaban J connectivity index is 2.17. The van der Waals surface area contributed by atoms with E-state index in [1.54, 1.807) is 0 Å². The first-order chi connectivity index (χ1) is 6.26. The Kier molecular flexibility index (Phi) is 2.29. The summed E-state index contributed by atoms with van der Waals surface area (Å²) in [5.41, 5.74) is 0. The van der Waals surface area contributed by atoms with Gasteiger partial charge in [-0.15, -0.1) is 5.26 Å². The first-order valence-corrected chi connectivity index (χ1v) is 5.53. The Bertz CT molecular complexity index is 229. The zero-order chi connectivity index (χ0) is 9.31. The summed E-state index contributed by atoms with van der Waals surface area (Å²) < 4.78 is 0.685. The van der Waals surface area contributed by atoms with Crippen LogP contribution in [0.15, 0.2) is 0 Å². The van der Waals surface area contributed by atoms with Crippen molar-refractivity contribution in [2.45, 2.75) is 44.6 Å². The molecule has 2 heteroatoms. The van der Waals surface area contributed by atoms with E-state index in [4.69, 9.17) is 0 Å². The molecule has 2 rings (SSSR count). The van der Waals surface area contributed by atoms with Gasteiger partial charge < -0.3 is 0 Å². The molecule has 0 aromatic heterocycles. The summed E-state index contributed by atoms with van der Waals surface area (Å²) in [7, 11) is 2.13. The summed E-state index contributed by atoms with van der Waals surface area (Å²) in [6.07, 6.45) is 10.5. The van der Waals surface area contributed by atoms with Crippen LogP contribution < -0.4 is 0 Å². The molecule has 1 unspecified atom stereocenters. The molecule has 0 bridgehead atoms. The molecule has 2 aliphatic rings. The van der Waals surface area contributed by atoms with Crippen molar-refractivity contribution in [2.75, 3.05) is 13.6 Å². The predicted molar refractivity (Wildman–Crippen MR) is 51.6 cm³/mol. The Morgan fingerprint density at radius 3 is 2.62 bits per heavy atom. The first kappa shape index (κ1) is 9.02. The average molecular weight is 179 g/mol. The summed E-state index contributed by atoms with van der Waals surface area (Å²) in [6, 6.07) is 0.660. The third kappa shape index (κ3) is 1.46. The maximum Gasteiger partial charge on any atom is 0.308 e. The topological polar surface area (TPSA) is 23.8 Å². The maximum absolute atomic E-state index is 9.21. The molecule has 1 aliphatic carbocycles. The molecule has 0 radical (unpaired) electrons. The summed E-state index contributed by atoms with van der Waals surface area (Å²) in [6.45, 7) is 1.08. The number of nitrogens with zero attached hydrogens (tertiary/aromatic N) is 2. The van der Waals surface area contributed by atoms with Crippen LogP contribution in [0, 0.1) is 17.4 Å². The highest BCUT2D eigenvalue weighted by molar-refractivity contribution is 4.82. The summed E-state index contributed by atoms with van der Waals surface area (Å²) >= 11 is 0. The standard InChI is InChI=1S/C11H19N2/c1-13(9-12)8-4-6-10-5-2-3-7-11(10)13/h10-11H,2-8H2,1H3/q+1/t10-,11+,13?/m0/s1. The smallest absolute Gasteiger partial charge is 0.223 e. The molecule has 1 saturated heterocycles. The summed E-state index contributed by atoms with van der Waals surface area (Å²) in [5.74, 6) is 0.854. The van der Waals surface area contributed by atoms with Crippen molar-refractivity contribution in [3.8, 4) is 6.19 Å². The lowest BCUT2D eigenvalue weighted by Crippen LogP contribution is -2.56. The number of likely N-dealkylation sites (tertiary alicyclic amines) is 1. The number of hydrogen-bond donors (Lipinski definition) is 0. The van der Waals surface area contributed by atoms with E-state index in [-0.39, 0.29) is 0 Å². The van der Waals surface area contributed by atoms with Crippen molar-refractivity contribution in [1.29, 1.82) is 5.26 Å². The molecule has 13 heavy (non-hydrogen) atoms. The summed E-state index contributed by atoms with van der Waals surface area (Å²) in [5, 5.41) is 9.21. The molecule has 0 amide bonds. The zero-order valence-corrected chi connectivity index (χ0v) is 8.50. The second-order valence-electron chi connectivity index (χ2n) is 4.85. The molecular formula is C11H19N2+. The number of rotatable bonds is 0. The largest absolute Gasteiger partial charge is 0.308 e. The normalized spacial score (nSPS) is 44.9. The lowest BCUT2D eigenvalue weighted by atomic mass is 9.77. The van der Waals surface area contributed by atoms with E-state index < -0.39 is 0 Å². The molecule has 0 aromatic rings. The van der Waals surface area contributed by atoms with Crippen molar-refractivity contribution >= 4 is 0 Å². The highest BCUT2D eigenvalue weighted by atomic mass is 15.4. The third-order valence-electron chi connectivity index (χ3n) is 4.03. The van der Waals surface area contributed by atoms with Crippen LogP contribution in [-0.2, 0) is 0 Å². The van der Waals surface area contributed by atoms with E-state index in [0.29, 0.717) is 10.5 Å². The fourth-order valence-corrected chi connectivity index (χ4v) is 3.25. The van der Waals surface area contributed by atoms with Gasteiger partial charge in [-0.1, -0.05) is 6.42 Å². The SMILES string of the molecule is C[N+]1(C#N)CCC[C@@H]2CCCC[C@H]21. The van der Waals surface area contributed by atoms with E-state index in [1.165, 1.54) is 38.5 Å². The first-order valence-electron chi connectivity index (χ1n) is 5.53. The molecule has 1 heterocycles. The molecule has 1 aliphatic heterocycles. The van der Waals surface area contributed by atoms with Crippen molar-refractivity contribution < 1.29 is 4.48 Å². The minimum Gasteiger partial charge on any atom is -0.223 e. The van der Waals surface area contributed by atoms with Crippen LogP contribution in [-0.4, -0.2) is 24.1 Å². The van der Waals surface area contributed by atoms with Crippen LogP contribution >= 0.6 is 0 Å². The van der Waals surface area contributed by atoms with E-state index in [9.17, 15) is 5.26 Å². The van der Waals surface area contributed by atoms with Gasteiger partial charge in [-0.25, -0.2) is 4.48 Å². The minimum atomic E-state index is 0.660. The van der Waals surface area contributed by atoms with Crippen LogP contribution in [0.1, 0.15) is 38.5 Å². The third-order valence-corrected chi connectivity index (χ3v) is 4.03. The molecule has 1 saturated carbocycles. The molecule has 2 nitrogen and oxygen atoms in total. The minimum absolute atomic E-state index is 0.660. The maximum atomic E-state index is 9.21. The Morgan fingerprint density at radius 1 is 1.15 bits per heavy atom. The zero-order valence-electron chi connectivity index (χ0n) is 8.50. The molecule has 0 spiro atoms. The number of hydrogen-bond acceptors (Lipinski definition) is 1.